The van der Waals surface area contributed by atoms with E-state index in [4.69, 9.17) is 9.84 Å². The van der Waals surface area contributed by atoms with Crippen molar-refractivity contribution in [2.45, 2.75) is 19.4 Å². The van der Waals surface area contributed by atoms with E-state index in [1.165, 1.54) is 11.1 Å². The first-order valence-electron chi connectivity index (χ1n) is 8.69. The fourth-order valence-electron chi connectivity index (χ4n) is 2.35. The summed E-state index contributed by atoms with van der Waals surface area (Å²) in [5.41, 5.74) is 3.65. The highest BCUT2D eigenvalue weighted by atomic mass is 16.5. The maximum Gasteiger partial charge on any atom is 0.0681 e. The predicted octanol–water partition coefficient (Wildman–Crippen LogP) is 4.67. The molecule has 2 heteroatoms. The number of ether oxygens (including phenoxy) is 1. The third-order valence-electron chi connectivity index (χ3n) is 3.78. The van der Waals surface area contributed by atoms with E-state index in [0.29, 0.717) is 0 Å². The molecule has 0 unspecified atom stereocenters. The van der Waals surface area contributed by atoms with Gasteiger partial charge in [0.15, 0.2) is 0 Å². The maximum absolute atomic E-state index is 8.54. The number of aliphatic hydroxyl groups excluding tert-OH is 1. The van der Waals surface area contributed by atoms with Gasteiger partial charge in [-0.3, -0.25) is 0 Å². The standard InChI is InChI=1S/C16H18O.C7H8O/c1-3-7-15(8-4-1)11-13-17-14-12-16-9-5-2-6-10-16;8-6-7-4-2-1-3-5-7/h1-10H,11-14H2;1-5,8H,6H2. The fraction of sp³-hybridized carbons (Fsp3) is 0.217. The van der Waals surface area contributed by atoms with Crippen molar-refractivity contribution in [2.24, 2.45) is 0 Å². The van der Waals surface area contributed by atoms with E-state index >= 15 is 0 Å². The normalized spacial score (nSPS) is 9.96. The Balaban J connectivity index is 0.000000236. The summed E-state index contributed by atoms with van der Waals surface area (Å²) in [4.78, 5) is 0. The lowest BCUT2D eigenvalue weighted by atomic mass is 10.1. The summed E-state index contributed by atoms with van der Waals surface area (Å²) >= 11 is 0. The van der Waals surface area contributed by atoms with Crippen LogP contribution < -0.4 is 0 Å². The summed E-state index contributed by atoms with van der Waals surface area (Å²) in [6.07, 6.45) is 1.99. The van der Waals surface area contributed by atoms with Crippen molar-refractivity contribution in [3.05, 3.63) is 108 Å². The molecule has 0 aromatic heterocycles. The second-order valence-corrected chi connectivity index (χ2v) is 5.73. The zero-order valence-electron chi connectivity index (χ0n) is 14.6. The van der Waals surface area contributed by atoms with Gasteiger partial charge in [0, 0.05) is 0 Å². The Hall–Kier alpha value is -2.42. The first-order valence-corrected chi connectivity index (χ1v) is 8.69. The van der Waals surface area contributed by atoms with Gasteiger partial charge in [0.05, 0.1) is 19.8 Å². The van der Waals surface area contributed by atoms with Gasteiger partial charge in [0.2, 0.25) is 0 Å². The van der Waals surface area contributed by atoms with Gasteiger partial charge in [-0.1, -0.05) is 91.0 Å². The van der Waals surface area contributed by atoms with Crippen LogP contribution in [0.4, 0.5) is 0 Å². The van der Waals surface area contributed by atoms with Gasteiger partial charge >= 0.3 is 0 Å². The molecule has 3 rings (SSSR count). The lowest BCUT2D eigenvalue weighted by Crippen LogP contribution is -2.02. The van der Waals surface area contributed by atoms with Crippen molar-refractivity contribution in [3.63, 3.8) is 0 Å². The molecule has 0 fully saturated rings. The minimum Gasteiger partial charge on any atom is -0.392 e. The largest absolute Gasteiger partial charge is 0.392 e. The minimum atomic E-state index is 0.140. The third kappa shape index (κ3) is 8.30. The molecule has 0 aliphatic carbocycles. The second-order valence-electron chi connectivity index (χ2n) is 5.73. The Morgan fingerprint density at radius 3 is 1.20 bits per heavy atom. The lowest BCUT2D eigenvalue weighted by molar-refractivity contribution is 0.140. The van der Waals surface area contributed by atoms with E-state index in [-0.39, 0.29) is 6.61 Å². The smallest absolute Gasteiger partial charge is 0.0681 e. The Morgan fingerprint density at radius 2 is 0.880 bits per heavy atom. The van der Waals surface area contributed by atoms with Gasteiger partial charge in [0.1, 0.15) is 0 Å². The highest BCUT2D eigenvalue weighted by Gasteiger charge is 1.94. The molecule has 0 heterocycles. The third-order valence-corrected chi connectivity index (χ3v) is 3.78. The van der Waals surface area contributed by atoms with Crippen LogP contribution in [-0.4, -0.2) is 18.3 Å². The molecule has 0 amide bonds. The molecule has 2 nitrogen and oxygen atoms in total. The second kappa shape index (κ2) is 12.0. The molecule has 130 valence electrons. The van der Waals surface area contributed by atoms with Crippen LogP contribution in [0.15, 0.2) is 91.0 Å². The highest BCUT2D eigenvalue weighted by molar-refractivity contribution is 5.15. The molecule has 0 atom stereocenters. The van der Waals surface area contributed by atoms with Crippen LogP contribution >= 0.6 is 0 Å². The van der Waals surface area contributed by atoms with Crippen molar-refractivity contribution in [3.8, 4) is 0 Å². The molecular formula is C23H26O2. The first kappa shape index (κ1) is 18.9. The summed E-state index contributed by atoms with van der Waals surface area (Å²) in [5.74, 6) is 0. The molecular weight excluding hydrogens is 308 g/mol. The molecule has 25 heavy (non-hydrogen) atoms. The van der Waals surface area contributed by atoms with Crippen LogP contribution in [0.2, 0.25) is 0 Å². The van der Waals surface area contributed by atoms with E-state index in [9.17, 15) is 0 Å². The Bertz CT molecular complexity index is 625. The quantitative estimate of drug-likeness (QED) is 0.636. The van der Waals surface area contributed by atoms with E-state index < -0.39 is 0 Å². The molecule has 0 bridgehead atoms. The molecule has 0 spiro atoms. The Labute approximate surface area is 150 Å². The minimum absolute atomic E-state index is 0.140. The molecule has 0 aliphatic rings. The maximum atomic E-state index is 8.54. The van der Waals surface area contributed by atoms with Crippen LogP contribution in [-0.2, 0) is 24.2 Å². The molecule has 3 aromatic carbocycles. The highest BCUT2D eigenvalue weighted by Crippen LogP contribution is 2.02. The Morgan fingerprint density at radius 1 is 0.520 bits per heavy atom. The van der Waals surface area contributed by atoms with Gasteiger partial charge in [-0.2, -0.15) is 0 Å². The van der Waals surface area contributed by atoms with Crippen LogP contribution in [0, 0.1) is 0 Å². The zero-order valence-corrected chi connectivity index (χ0v) is 14.6. The summed E-state index contributed by atoms with van der Waals surface area (Å²) in [6, 6.07) is 30.4. The van der Waals surface area contributed by atoms with Crippen molar-refractivity contribution in [1.29, 1.82) is 0 Å². The van der Waals surface area contributed by atoms with Gasteiger partial charge in [0.25, 0.3) is 0 Å². The first-order chi connectivity index (χ1) is 12.4. The van der Waals surface area contributed by atoms with E-state index in [1.807, 2.05) is 42.5 Å². The van der Waals surface area contributed by atoms with E-state index in [0.717, 1.165) is 31.6 Å². The van der Waals surface area contributed by atoms with Crippen molar-refractivity contribution < 1.29 is 9.84 Å². The zero-order chi connectivity index (χ0) is 17.6. The van der Waals surface area contributed by atoms with Gasteiger partial charge < -0.3 is 9.84 Å². The van der Waals surface area contributed by atoms with E-state index in [1.54, 1.807) is 0 Å². The summed E-state index contributed by atoms with van der Waals surface area (Å²) in [5, 5.41) is 8.54. The topological polar surface area (TPSA) is 29.5 Å². The average molecular weight is 334 g/mol. The number of aliphatic hydroxyl groups is 1. The summed E-state index contributed by atoms with van der Waals surface area (Å²) in [6.45, 7) is 1.74. The molecule has 1 N–H and O–H groups in total. The average Bonchev–Trinajstić information content (AvgIpc) is 2.70. The van der Waals surface area contributed by atoms with Gasteiger partial charge in [-0.25, -0.2) is 0 Å². The summed E-state index contributed by atoms with van der Waals surface area (Å²) in [7, 11) is 0. The molecule has 0 radical (unpaired) electrons. The number of benzene rings is 3. The molecule has 0 saturated carbocycles. The monoisotopic (exact) mass is 334 g/mol. The van der Waals surface area contributed by atoms with Crippen molar-refractivity contribution in [1.82, 2.24) is 0 Å². The van der Waals surface area contributed by atoms with Crippen LogP contribution in [0.5, 0.6) is 0 Å². The number of rotatable bonds is 7. The Kier molecular flexibility index (Phi) is 9.09. The van der Waals surface area contributed by atoms with Crippen molar-refractivity contribution >= 4 is 0 Å². The molecule has 0 saturated heterocycles. The van der Waals surface area contributed by atoms with E-state index in [2.05, 4.69) is 48.5 Å². The summed E-state index contributed by atoms with van der Waals surface area (Å²) < 4.78 is 5.64. The number of hydrogen-bond acceptors (Lipinski definition) is 2. The predicted molar refractivity (Wildman–Crippen MR) is 103 cm³/mol. The van der Waals surface area contributed by atoms with Gasteiger partial charge in [-0.15, -0.1) is 0 Å². The molecule has 0 aliphatic heterocycles. The van der Waals surface area contributed by atoms with Crippen molar-refractivity contribution in [2.75, 3.05) is 13.2 Å². The molecule has 3 aromatic rings. The lowest BCUT2D eigenvalue weighted by Gasteiger charge is -2.04. The van der Waals surface area contributed by atoms with Gasteiger partial charge in [-0.05, 0) is 29.5 Å². The SMILES string of the molecule is OCc1ccccc1.c1ccc(CCOCCc2ccccc2)cc1. The van der Waals surface area contributed by atoms with Crippen LogP contribution in [0.1, 0.15) is 16.7 Å². The number of hydrogen-bond donors (Lipinski definition) is 1. The van der Waals surface area contributed by atoms with Crippen LogP contribution in [0.3, 0.4) is 0 Å². The fourth-order valence-corrected chi connectivity index (χ4v) is 2.35. The van der Waals surface area contributed by atoms with Crippen LogP contribution in [0.25, 0.3) is 0 Å².